The van der Waals surface area contributed by atoms with Gasteiger partial charge < -0.3 is 10.3 Å². The zero-order chi connectivity index (χ0) is 15.7. The van der Waals surface area contributed by atoms with E-state index < -0.39 is 23.0 Å². The van der Waals surface area contributed by atoms with Crippen molar-refractivity contribution in [1.29, 1.82) is 0 Å². The molecule has 0 fully saturated rings. The lowest BCUT2D eigenvalue weighted by atomic mass is 10.1. The van der Waals surface area contributed by atoms with Crippen molar-refractivity contribution in [3.63, 3.8) is 0 Å². The van der Waals surface area contributed by atoms with Crippen molar-refractivity contribution in [2.75, 3.05) is 5.32 Å². The molecule has 0 saturated carbocycles. The molecule has 0 bridgehead atoms. The Balaban J connectivity index is 1.99. The van der Waals surface area contributed by atoms with Crippen LogP contribution < -0.4 is 10.7 Å². The minimum atomic E-state index is -0.654. The van der Waals surface area contributed by atoms with Gasteiger partial charge in [0, 0.05) is 22.8 Å². The maximum absolute atomic E-state index is 13.2. The highest BCUT2D eigenvalue weighted by Gasteiger charge is 2.13. The van der Waals surface area contributed by atoms with E-state index >= 15 is 0 Å². The van der Waals surface area contributed by atoms with E-state index in [4.69, 9.17) is 0 Å². The number of halogens is 2. The van der Waals surface area contributed by atoms with Crippen LogP contribution in [-0.2, 0) is 0 Å². The highest BCUT2D eigenvalue weighted by Crippen LogP contribution is 2.12. The highest BCUT2D eigenvalue weighted by molar-refractivity contribution is 6.05. The first-order valence-electron chi connectivity index (χ1n) is 6.42. The summed E-state index contributed by atoms with van der Waals surface area (Å²) in [6.45, 7) is 0. The molecule has 0 spiro atoms. The number of aromatic amines is 1. The van der Waals surface area contributed by atoms with Crippen LogP contribution in [0, 0.1) is 11.6 Å². The van der Waals surface area contributed by atoms with Crippen molar-refractivity contribution in [3.8, 4) is 0 Å². The molecule has 0 radical (unpaired) electrons. The Morgan fingerprint density at radius 1 is 1.00 bits per heavy atom. The first-order valence-corrected chi connectivity index (χ1v) is 6.42. The molecular weight excluding hydrogens is 290 g/mol. The molecule has 4 nitrogen and oxygen atoms in total. The average molecular weight is 300 g/mol. The minimum Gasteiger partial charge on any atom is -0.360 e. The van der Waals surface area contributed by atoms with E-state index in [1.807, 2.05) is 0 Å². The van der Waals surface area contributed by atoms with Crippen LogP contribution in [0.1, 0.15) is 10.4 Å². The van der Waals surface area contributed by atoms with Crippen molar-refractivity contribution in [1.82, 2.24) is 4.98 Å². The summed E-state index contributed by atoms with van der Waals surface area (Å²) in [6, 6.07) is 8.85. The molecule has 0 unspecified atom stereocenters. The zero-order valence-electron chi connectivity index (χ0n) is 11.2. The molecule has 3 aromatic rings. The number of anilines is 1. The van der Waals surface area contributed by atoms with Crippen LogP contribution in [0.3, 0.4) is 0 Å². The summed E-state index contributed by atoms with van der Waals surface area (Å²) in [5, 5.41) is 2.58. The third-order valence-corrected chi connectivity index (χ3v) is 3.19. The van der Waals surface area contributed by atoms with Gasteiger partial charge in [0.1, 0.15) is 17.2 Å². The van der Waals surface area contributed by atoms with E-state index in [1.165, 1.54) is 42.6 Å². The van der Waals surface area contributed by atoms with Gasteiger partial charge in [0.25, 0.3) is 5.91 Å². The number of pyridine rings is 1. The Morgan fingerprint density at radius 3 is 2.41 bits per heavy atom. The SMILES string of the molecule is O=C(Nc1ccc(F)cc1)c1c[nH]c2ccc(F)cc2c1=O. The van der Waals surface area contributed by atoms with E-state index in [-0.39, 0.29) is 10.9 Å². The van der Waals surface area contributed by atoms with Gasteiger partial charge in [0.05, 0.1) is 0 Å². The summed E-state index contributed by atoms with van der Waals surface area (Å²) in [5.74, 6) is -1.65. The molecule has 3 rings (SSSR count). The number of H-pyrrole nitrogens is 1. The lowest BCUT2D eigenvalue weighted by molar-refractivity contribution is 0.102. The quantitative estimate of drug-likeness (QED) is 0.764. The van der Waals surface area contributed by atoms with E-state index in [9.17, 15) is 18.4 Å². The Hall–Kier alpha value is -3.02. The van der Waals surface area contributed by atoms with Gasteiger partial charge in [-0.15, -0.1) is 0 Å². The molecule has 110 valence electrons. The molecule has 1 amide bonds. The van der Waals surface area contributed by atoms with Crippen molar-refractivity contribution in [2.45, 2.75) is 0 Å². The lowest BCUT2D eigenvalue weighted by Gasteiger charge is -2.06. The van der Waals surface area contributed by atoms with Crippen LogP contribution in [0.4, 0.5) is 14.5 Å². The highest BCUT2D eigenvalue weighted by atomic mass is 19.1. The predicted octanol–water partition coefficient (Wildman–Crippen LogP) is 3.06. The Morgan fingerprint density at radius 2 is 1.68 bits per heavy atom. The third-order valence-electron chi connectivity index (χ3n) is 3.19. The van der Waals surface area contributed by atoms with Gasteiger partial charge >= 0.3 is 0 Å². The molecular formula is C16H10F2N2O2. The normalized spacial score (nSPS) is 10.6. The molecule has 1 aromatic heterocycles. The number of amides is 1. The van der Waals surface area contributed by atoms with E-state index in [0.717, 1.165) is 6.07 Å². The van der Waals surface area contributed by atoms with Crippen molar-refractivity contribution in [3.05, 3.63) is 76.1 Å². The first kappa shape index (κ1) is 13.9. The predicted molar refractivity (Wildman–Crippen MR) is 78.9 cm³/mol. The molecule has 6 heteroatoms. The molecule has 0 aliphatic rings. The number of fused-ring (bicyclic) bond motifs is 1. The topological polar surface area (TPSA) is 62.0 Å². The Labute approximate surface area is 123 Å². The number of benzene rings is 2. The number of carbonyl (C=O) groups excluding carboxylic acids is 1. The van der Waals surface area contributed by atoms with Gasteiger partial charge in [-0.3, -0.25) is 9.59 Å². The van der Waals surface area contributed by atoms with Gasteiger partial charge in [0.15, 0.2) is 0 Å². The van der Waals surface area contributed by atoms with Gasteiger partial charge in [-0.2, -0.15) is 0 Å². The van der Waals surface area contributed by atoms with Crippen LogP contribution >= 0.6 is 0 Å². The van der Waals surface area contributed by atoms with Crippen LogP contribution in [0.2, 0.25) is 0 Å². The van der Waals surface area contributed by atoms with Crippen molar-refractivity contribution >= 4 is 22.5 Å². The monoisotopic (exact) mass is 300 g/mol. The molecule has 22 heavy (non-hydrogen) atoms. The summed E-state index contributed by atoms with van der Waals surface area (Å²) in [4.78, 5) is 27.2. The smallest absolute Gasteiger partial charge is 0.261 e. The number of rotatable bonds is 2. The molecule has 0 aliphatic carbocycles. The fraction of sp³-hybridized carbons (Fsp3) is 0. The fourth-order valence-electron chi connectivity index (χ4n) is 2.09. The maximum atomic E-state index is 13.2. The summed E-state index contributed by atoms with van der Waals surface area (Å²) in [5.41, 5.74) is 0.0603. The van der Waals surface area contributed by atoms with Gasteiger partial charge in [0.2, 0.25) is 5.43 Å². The maximum Gasteiger partial charge on any atom is 0.261 e. The van der Waals surface area contributed by atoms with Crippen LogP contribution in [0.5, 0.6) is 0 Å². The Bertz CT molecular complexity index is 918. The number of hydrogen-bond donors (Lipinski definition) is 2. The second kappa shape index (κ2) is 5.40. The number of hydrogen-bond acceptors (Lipinski definition) is 2. The third kappa shape index (κ3) is 2.58. The largest absolute Gasteiger partial charge is 0.360 e. The average Bonchev–Trinajstić information content (AvgIpc) is 2.50. The second-order valence-corrected chi connectivity index (χ2v) is 4.68. The van der Waals surface area contributed by atoms with Gasteiger partial charge in [-0.1, -0.05) is 0 Å². The first-order chi connectivity index (χ1) is 10.5. The molecule has 0 saturated heterocycles. The Kier molecular flexibility index (Phi) is 3.42. The van der Waals surface area contributed by atoms with Crippen LogP contribution in [0.15, 0.2) is 53.5 Å². The van der Waals surface area contributed by atoms with Crippen LogP contribution in [0.25, 0.3) is 10.9 Å². The zero-order valence-corrected chi connectivity index (χ0v) is 11.2. The molecule has 0 aliphatic heterocycles. The molecule has 1 heterocycles. The fourth-order valence-corrected chi connectivity index (χ4v) is 2.09. The lowest BCUT2D eigenvalue weighted by Crippen LogP contribution is -2.22. The standard InChI is InChI=1S/C16H10F2N2O2/c17-9-1-4-11(5-2-9)20-16(22)13-8-19-14-6-3-10(18)7-12(14)15(13)21/h1-8H,(H,19,21)(H,20,22). The molecule has 2 N–H and O–H groups in total. The number of nitrogens with one attached hydrogen (secondary N) is 2. The van der Waals surface area contributed by atoms with E-state index in [2.05, 4.69) is 10.3 Å². The van der Waals surface area contributed by atoms with Crippen molar-refractivity contribution < 1.29 is 13.6 Å². The summed E-state index contributed by atoms with van der Waals surface area (Å²) < 4.78 is 26.1. The molecule has 2 aromatic carbocycles. The minimum absolute atomic E-state index is 0.0896. The van der Waals surface area contributed by atoms with Gasteiger partial charge in [-0.05, 0) is 42.5 Å². The summed E-state index contributed by atoms with van der Waals surface area (Å²) >= 11 is 0. The van der Waals surface area contributed by atoms with E-state index in [0.29, 0.717) is 11.2 Å². The summed E-state index contributed by atoms with van der Waals surface area (Å²) in [7, 11) is 0. The van der Waals surface area contributed by atoms with Crippen LogP contribution in [-0.4, -0.2) is 10.9 Å². The number of aromatic nitrogens is 1. The second-order valence-electron chi connectivity index (χ2n) is 4.68. The summed E-state index contributed by atoms with van der Waals surface area (Å²) in [6.07, 6.45) is 1.27. The van der Waals surface area contributed by atoms with Gasteiger partial charge in [-0.25, -0.2) is 8.78 Å². The number of carbonyl (C=O) groups is 1. The van der Waals surface area contributed by atoms with E-state index in [1.54, 1.807) is 0 Å². The molecule has 0 atom stereocenters. The van der Waals surface area contributed by atoms with Crippen molar-refractivity contribution in [2.24, 2.45) is 0 Å².